The number of hydrogen-bond donors (Lipinski definition) is 0. The summed E-state index contributed by atoms with van der Waals surface area (Å²) in [5, 5.41) is 0. The molecule has 0 fully saturated rings. The fourth-order valence-electron chi connectivity index (χ4n) is 1.67. The van der Waals surface area contributed by atoms with Crippen LogP contribution in [0, 0.1) is 0 Å². The molecule has 1 aromatic carbocycles. The second-order valence-corrected chi connectivity index (χ2v) is 5.36. The summed E-state index contributed by atoms with van der Waals surface area (Å²) >= 11 is 6.91. The first-order valence-electron chi connectivity index (χ1n) is 5.74. The molecule has 2 aromatic rings. The van der Waals surface area contributed by atoms with E-state index in [1.54, 1.807) is 0 Å². The minimum Gasteiger partial charge on any atom is -0.356 e. The van der Waals surface area contributed by atoms with Gasteiger partial charge in [0.15, 0.2) is 0 Å². The van der Waals surface area contributed by atoms with Gasteiger partial charge in [0.2, 0.25) is 0 Å². The first-order valence-corrected chi connectivity index (χ1v) is 7.33. The normalized spacial score (nSPS) is 10.8. The second-order valence-electron chi connectivity index (χ2n) is 3.85. The maximum atomic E-state index is 5.71. The van der Waals surface area contributed by atoms with Crippen molar-refractivity contribution in [1.82, 2.24) is 9.55 Å². The number of nitrogens with zero attached hydrogens (tertiary/aromatic N) is 2. The SMILES string of the molecule is CCc1nc(Br)c(Br)n1COCc1ccccc1. The molecule has 0 saturated heterocycles. The van der Waals surface area contributed by atoms with Crippen LogP contribution in [0.1, 0.15) is 18.3 Å². The van der Waals surface area contributed by atoms with Crippen LogP contribution in [0.3, 0.4) is 0 Å². The molecule has 3 nitrogen and oxygen atoms in total. The van der Waals surface area contributed by atoms with E-state index < -0.39 is 0 Å². The zero-order valence-electron chi connectivity index (χ0n) is 10.1. The van der Waals surface area contributed by atoms with Gasteiger partial charge in [-0.1, -0.05) is 37.3 Å². The van der Waals surface area contributed by atoms with Gasteiger partial charge in [-0.25, -0.2) is 4.98 Å². The summed E-state index contributed by atoms with van der Waals surface area (Å²) in [5.41, 5.74) is 1.17. The lowest BCUT2D eigenvalue weighted by atomic mass is 10.2. The van der Waals surface area contributed by atoms with Gasteiger partial charge in [0.05, 0.1) is 6.61 Å². The summed E-state index contributed by atoms with van der Waals surface area (Å²) in [7, 11) is 0. The van der Waals surface area contributed by atoms with Gasteiger partial charge in [0, 0.05) is 6.42 Å². The lowest BCUT2D eigenvalue weighted by Crippen LogP contribution is -2.07. The molecule has 0 radical (unpaired) electrons. The van der Waals surface area contributed by atoms with E-state index in [0.717, 1.165) is 21.5 Å². The second kappa shape index (κ2) is 6.50. The van der Waals surface area contributed by atoms with Crippen LogP contribution in [0.2, 0.25) is 0 Å². The van der Waals surface area contributed by atoms with Gasteiger partial charge < -0.3 is 4.74 Å². The molecule has 0 aliphatic heterocycles. The molecule has 0 aliphatic carbocycles. The lowest BCUT2D eigenvalue weighted by Gasteiger charge is -2.09. The van der Waals surface area contributed by atoms with Crippen molar-refractivity contribution < 1.29 is 4.74 Å². The van der Waals surface area contributed by atoms with Gasteiger partial charge in [-0.2, -0.15) is 0 Å². The third-order valence-corrected chi connectivity index (χ3v) is 4.48. The number of rotatable bonds is 5. The Morgan fingerprint density at radius 3 is 2.61 bits per heavy atom. The Hall–Kier alpha value is -0.650. The van der Waals surface area contributed by atoms with E-state index in [0.29, 0.717) is 13.3 Å². The van der Waals surface area contributed by atoms with E-state index in [1.807, 2.05) is 22.8 Å². The first-order chi connectivity index (χ1) is 8.72. The van der Waals surface area contributed by atoms with Crippen LogP contribution in [0.25, 0.3) is 0 Å². The molecule has 0 amide bonds. The molecule has 1 heterocycles. The largest absolute Gasteiger partial charge is 0.356 e. The van der Waals surface area contributed by atoms with Crippen molar-refractivity contribution in [1.29, 1.82) is 0 Å². The van der Waals surface area contributed by atoms with Crippen LogP contribution in [-0.2, 0) is 24.5 Å². The van der Waals surface area contributed by atoms with Crippen molar-refractivity contribution in [2.75, 3.05) is 0 Å². The minimum absolute atomic E-state index is 0.497. The number of benzene rings is 1. The minimum atomic E-state index is 0.497. The Kier molecular flexibility index (Phi) is 4.97. The molecule has 0 atom stereocenters. The highest BCUT2D eigenvalue weighted by molar-refractivity contribution is 9.13. The quantitative estimate of drug-likeness (QED) is 0.787. The summed E-state index contributed by atoms with van der Waals surface area (Å²) in [4.78, 5) is 4.41. The Bertz CT molecular complexity index is 511. The van der Waals surface area contributed by atoms with Crippen molar-refractivity contribution >= 4 is 31.9 Å². The average molecular weight is 374 g/mol. The number of imidazole rings is 1. The molecule has 0 bridgehead atoms. The fraction of sp³-hybridized carbons (Fsp3) is 0.308. The summed E-state index contributed by atoms with van der Waals surface area (Å²) in [6.07, 6.45) is 0.874. The van der Waals surface area contributed by atoms with Crippen LogP contribution in [0.4, 0.5) is 0 Å². The molecule has 2 rings (SSSR count). The summed E-state index contributed by atoms with van der Waals surface area (Å²) in [5.74, 6) is 1.00. The zero-order chi connectivity index (χ0) is 13.0. The van der Waals surface area contributed by atoms with Gasteiger partial charge in [-0.15, -0.1) is 0 Å². The maximum absolute atomic E-state index is 5.71. The van der Waals surface area contributed by atoms with Crippen LogP contribution < -0.4 is 0 Å². The molecule has 96 valence electrons. The van der Waals surface area contributed by atoms with E-state index in [4.69, 9.17) is 4.74 Å². The first kappa shape index (κ1) is 13.8. The number of aromatic nitrogens is 2. The van der Waals surface area contributed by atoms with Crippen LogP contribution in [0.5, 0.6) is 0 Å². The van der Waals surface area contributed by atoms with E-state index in [9.17, 15) is 0 Å². The third kappa shape index (κ3) is 3.22. The Balaban J connectivity index is 1.98. The van der Waals surface area contributed by atoms with Crippen molar-refractivity contribution in [3.8, 4) is 0 Å². The number of hydrogen-bond acceptors (Lipinski definition) is 2. The van der Waals surface area contributed by atoms with Crippen molar-refractivity contribution in [3.05, 3.63) is 50.9 Å². The summed E-state index contributed by atoms with van der Waals surface area (Å²) in [6.45, 7) is 3.18. The molecule has 0 aliphatic rings. The molecule has 18 heavy (non-hydrogen) atoms. The molecule has 0 spiro atoms. The molecular weight excluding hydrogens is 360 g/mol. The molecule has 0 unspecified atom stereocenters. The highest BCUT2D eigenvalue weighted by Gasteiger charge is 2.11. The molecule has 0 N–H and O–H groups in total. The van der Waals surface area contributed by atoms with E-state index in [-0.39, 0.29) is 0 Å². The predicted octanol–water partition coefficient (Wildman–Crippen LogP) is 4.14. The smallest absolute Gasteiger partial charge is 0.139 e. The topological polar surface area (TPSA) is 27.1 Å². The Morgan fingerprint density at radius 2 is 1.94 bits per heavy atom. The van der Waals surface area contributed by atoms with Gasteiger partial charge in [0.1, 0.15) is 21.8 Å². The van der Waals surface area contributed by atoms with E-state index in [2.05, 4.69) is 55.9 Å². The molecule has 5 heteroatoms. The van der Waals surface area contributed by atoms with Crippen molar-refractivity contribution in [2.45, 2.75) is 26.7 Å². The number of aryl methyl sites for hydroxylation is 1. The number of halogens is 2. The lowest BCUT2D eigenvalue weighted by molar-refractivity contribution is 0.0609. The Labute approximate surface area is 123 Å². The summed E-state index contributed by atoms with van der Waals surface area (Å²) in [6, 6.07) is 10.1. The van der Waals surface area contributed by atoms with Crippen molar-refractivity contribution in [3.63, 3.8) is 0 Å². The Morgan fingerprint density at radius 1 is 1.22 bits per heavy atom. The van der Waals surface area contributed by atoms with Crippen LogP contribution in [-0.4, -0.2) is 9.55 Å². The molecule has 1 aromatic heterocycles. The van der Waals surface area contributed by atoms with E-state index in [1.165, 1.54) is 5.56 Å². The fourth-order valence-corrected chi connectivity index (χ4v) is 2.49. The standard InChI is InChI=1S/C13H14Br2N2O/c1-2-11-16-12(14)13(15)17(11)9-18-8-10-6-4-3-5-7-10/h3-7H,2,8-9H2,1H3. The average Bonchev–Trinajstić information content (AvgIpc) is 2.67. The molecular formula is C13H14Br2N2O. The summed E-state index contributed by atoms with van der Waals surface area (Å²) < 4.78 is 9.48. The third-order valence-electron chi connectivity index (χ3n) is 2.59. The molecule has 0 saturated carbocycles. The van der Waals surface area contributed by atoms with Gasteiger partial charge in [-0.3, -0.25) is 4.57 Å². The van der Waals surface area contributed by atoms with Gasteiger partial charge >= 0.3 is 0 Å². The highest BCUT2D eigenvalue weighted by Crippen LogP contribution is 2.24. The predicted molar refractivity (Wildman–Crippen MR) is 78.2 cm³/mol. The van der Waals surface area contributed by atoms with Crippen LogP contribution in [0.15, 0.2) is 39.5 Å². The van der Waals surface area contributed by atoms with Gasteiger partial charge in [-0.05, 0) is 37.4 Å². The maximum Gasteiger partial charge on any atom is 0.139 e. The highest BCUT2D eigenvalue weighted by atomic mass is 79.9. The van der Waals surface area contributed by atoms with E-state index >= 15 is 0 Å². The number of ether oxygens (including phenoxy) is 1. The van der Waals surface area contributed by atoms with Gasteiger partial charge in [0.25, 0.3) is 0 Å². The van der Waals surface area contributed by atoms with Crippen molar-refractivity contribution in [2.24, 2.45) is 0 Å². The van der Waals surface area contributed by atoms with Crippen LogP contribution >= 0.6 is 31.9 Å². The zero-order valence-corrected chi connectivity index (χ0v) is 13.2. The monoisotopic (exact) mass is 372 g/mol.